The van der Waals surface area contributed by atoms with Crippen molar-refractivity contribution in [2.45, 2.75) is 25.4 Å². The molecule has 0 fully saturated rings. The van der Waals surface area contributed by atoms with E-state index in [9.17, 15) is 4.79 Å². The summed E-state index contributed by atoms with van der Waals surface area (Å²) in [6, 6.07) is 6.05. The summed E-state index contributed by atoms with van der Waals surface area (Å²) in [5.41, 5.74) is 3.44. The number of carbonyl (C=O) groups is 1. The van der Waals surface area contributed by atoms with E-state index in [1.807, 2.05) is 12.1 Å². The zero-order chi connectivity index (χ0) is 9.54. The van der Waals surface area contributed by atoms with E-state index in [2.05, 4.69) is 11.4 Å². The number of rotatable bonds is 0. The smallest absolute Gasteiger partial charge is 0.412 e. The average molecular weight is 189 g/mol. The summed E-state index contributed by atoms with van der Waals surface area (Å²) >= 11 is 0. The van der Waals surface area contributed by atoms with Crippen molar-refractivity contribution in [1.82, 2.24) is 0 Å². The van der Waals surface area contributed by atoms with Gasteiger partial charge in [0.2, 0.25) is 0 Å². The van der Waals surface area contributed by atoms with E-state index in [0.717, 1.165) is 24.9 Å². The van der Waals surface area contributed by atoms with E-state index >= 15 is 0 Å². The minimum Gasteiger partial charge on any atom is -0.441 e. The summed E-state index contributed by atoms with van der Waals surface area (Å²) in [6.07, 6.45) is 2.83. The predicted octanol–water partition coefficient (Wildman–Crippen LogP) is 2.63. The van der Waals surface area contributed by atoms with Crippen molar-refractivity contribution >= 4 is 11.8 Å². The molecule has 3 heteroatoms. The maximum atomic E-state index is 11.2. The van der Waals surface area contributed by atoms with Crippen LogP contribution in [0.25, 0.3) is 0 Å². The molecule has 1 aliphatic heterocycles. The Morgan fingerprint density at radius 1 is 1.43 bits per heavy atom. The highest BCUT2D eigenvalue weighted by Crippen LogP contribution is 2.40. The van der Waals surface area contributed by atoms with Crippen molar-refractivity contribution in [3.05, 3.63) is 29.3 Å². The van der Waals surface area contributed by atoms with Gasteiger partial charge in [-0.1, -0.05) is 12.1 Å². The summed E-state index contributed by atoms with van der Waals surface area (Å²) in [7, 11) is 0. The van der Waals surface area contributed by atoms with Crippen molar-refractivity contribution in [1.29, 1.82) is 0 Å². The van der Waals surface area contributed by atoms with Gasteiger partial charge in [0, 0.05) is 5.56 Å². The fourth-order valence-electron chi connectivity index (χ4n) is 2.33. The quantitative estimate of drug-likeness (QED) is 0.681. The van der Waals surface area contributed by atoms with Crippen LogP contribution in [0.5, 0.6) is 0 Å². The molecule has 1 aromatic rings. The number of carbonyl (C=O) groups excluding carboxylic acids is 1. The van der Waals surface area contributed by atoms with E-state index in [0.29, 0.717) is 0 Å². The number of amides is 1. The molecule has 1 unspecified atom stereocenters. The Hall–Kier alpha value is -1.51. The van der Waals surface area contributed by atoms with Gasteiger partial charge in [-0.25, -0.2) is 4.79 Å². The second-order valence-corrected chi connectivity index (χ2v) is 3.79. The molecule has 0 radical (unpaired) electrons. The van der Waals surface area contributed by atoms with E-state index in [1.54, 1.807) is 0 Å². The van der Waals surface area contributed by atoms with E-state index in [4.69, 9.17) is 4.74 Å². The summed E-state index contributed by atoms with van der Waals surface area (Å²) in [5.74, 6) is 0. The van der Waals surface area contributed by atoms with Gasteiger partial charge in [0.1, 0.15) is 6.10 Å². The number of hydrogen-bond acceptors (Lipinski definition) is 2. The van der Waals surface area contributed by atoms with E-state index in [-0.39, 0.29) is 12.2 Å². The Kier molecular flexibility index (Phi) is 1.54. The van der Waals surface area contributed by atoms with Gasteiger partial charge in [0.25, 0.3) is 0 Å². The normalized spacial score (nSPS) is 23.4. The molecule has 1 heterocycles. The molecule has 72 valence electrons. The highest BCUT2D eigenvalue weighted by atomic mass is 16.6. The molecule has 1 amide bonds. The molecule has 14 heavy (non-hydrogen) atoms. The minimum absolute atomic E-state index is 0.0105. The van der Waals surface area contributed by atoms with Crippen LogP contribution in [-0.2, 0) is 11.2 Å². The Morgan fingerprint density at radius 2 is 2.36 bits per heavy atom. The molecular formula is C11H11NO2. The minimum atomic E-state index is -0.318. The molecule has 1 aromatic carbocycles. The number of aryl methyl sites for hydroxylation is 1. The maximum absolute atomic E-state index is 11.2. The van der Waals surface area contributed by atoms with Crippen LogP contribution in [0.15, 0.2) is 18.2 Å². The van der Waals surface area contributed by atoms with Gasteiger partial charge in [-0.15, -0.1) is 0 Å². The van der Waals surface area contributed by atoms with E-state index < -0.39 is 0 Å². The topological polar surface area (TPSA) is 38.3 Å². The number of benzene rings is 1. The van der Waals surface area contributed by atoms with Gasteiger partial charge in [0.05, 0.1) is 5.69 Å². The third-order valence-corrected chi connectivity index (χ3v) is 2.92. The van der Waals surface area contributed by atoms with Gasteiger partial charge in [-0.05, 0) is 30.9 Å². The molecule has 0 spiro atoms. The van der Waals surface area contributed by atoms with Crippen LogP contribution < -0.4 is 5.32 Å². The molecule has 0 saturated carbocycles. The highest BCUT2D eigenvalue weighted by Gasteiger charge is 2.30. The van der Waals surface area contributed by atoms with Crippen molar-refractivity contribution < 1.29 is 9.53 Å². The lowest BCUT2D eigenvalue weighted by Gasteiger charge is -2.31. The fraction of sp³-hybridized carbons (Fsp3) is 0.364. The standard InChI is InChI=1S/C11H11NO2/c13-11-12-8-5-1-3-7-4-2-6-9(14-11)10(7)8/h1,3,5,9H,2,4,6H2,(H,12,13). The van der Waals surface area contributed by atoms with Gasteiger partial charge < -0.3 is 4.74 Å². The van der Waals surface area contributed by atoms with Crippen LogP contribution in [0.3, 0.4) is 0 Å². The molecule has 2 aliphatic rings. The first-order chi connectivity index (χ1) is 6.84. The van der Waals surface area contributed by atoms with Crippen LogP contribution >= 0.6 is 0 Å². The molecule has 1 N–H and O–H groups in total. The van der Waals surface area contributed by atoms with Crippen LogP contribution in [0.1, 0.15) is 30.1 Å². The molecule has 0 aromatic heterocycles. The summed E-state index contributed by atoms with van der Waals surface area (Å²) in [6.45, 7) is 0. The Morgan fingerprint density at radius 3 is 3.29 bits per heavy atom. The maximum Gasteiger partial charge on any atom is 0.412 e. The third-order valence-electron chi connectivity index (χ3n) is 2.92. The first-order valence-corrected chi connectivity index (χ1v) is 4.94. The Bertz CT molecular complexity index is 400. The average Bonchev–Trinajstić information content (AvgIpc) is 2.18. The lowest BCUT2D eigenvalue weighted by atomic mass is 9.87. The first-order valence-electron chi connectivity index (χ1n) is 4.94. The monoisotopic (exact) mass is 189 g/mol. The largest absolute Gasteiger partial charge is 0.441 e. The van der Waals surface area contributed by atoms with Crippen molar-refractivity contribution in [2.75, 3.05) is 5.32 Å². The molecule has 0 bridgehead atoms. The number of hydrogen-bond donors (Lipinski definition) is 1. The van der Waals surface area contributed by atoms with Crippen LogP contribution in [0, 0.1) is 0 Å². The zero-order valence-corrected chi connectivity index (χ0v) is 7.75. The SMILES string of the molecule is O=C1Nc2cccc3c2C(CCC3)O1. The molecule has 0 saturated heterocycles. The predicted molar refractivity (Wildman–Crippen MR) is 52.2 cm³/mol. The zero-order valence-electron chi connectivity index (χ0n) is 7.75. The lowest BCUT2D eigenvalue weighted by molar-refractivity contribution is 0.0953. The number of anilines is 1. The summed E-state index contributed by atoms with van der Waals surface area (Å²) < 4.78 is 5.24. The summed E-state index contributed by atoms with van der Waals surface area (Å²) in [4.78, 5) is 11.2. The second-order valence-electron chi connectivity index (χ2n) is 3.79. The van der Waals surface area contributed by atoms with Gasteiger partial charge >= 0.3 is 6.09 Å². The lowest BCUT2D eigenvalue weighted by Crippen LogP contribution is -2.27. The van der Waals surface area contributed by atoms with Gasteiger partial charge in [0.15, 0.2) is 0 Å². The second kappa shape index (κ2) is 2.74. The third kappa shape index (κ3) is 1.02. The molecular weight excluding hydrogens is 178 g/mol. The van der Waals surface area contributed by atoms with Gasteiger partial charge in [-0.3, -0.25) is 5.32 Å². The number of nitrogens with one attached hydrogen (secondary N) is 1. The highest BCUT2D eigenvalue weighted by molar-refractivity contribution is 5.88. The molecule has 1 aliphatic carbocycles. The van der Waals surface area contributed by atoms with Crippen molar-refractivity contribution in [3.8, 4) is 0 Å². The summed E-state index contributed by atoms with van der Waals surface area (Å²) in [5, 5.41) is 2.74. The molecule has 3 rings (SSSR count). The fourth-order valence-corrected chi connectivity index (χ4v) is 2.33. The van der Waals surface area contributed by atoms with E-state index in [1.165, 1.54) is 11.1 Å². The Balaban J connectivity index is 2.18. The van der Waals surface area contributed by atoms with Crippen molar-refractivity contribution in [3.63, 3.8) is 0 Å². The van der Waals surface area contributed by atoms with Crippen LogP contribution in [0.4, 0.5) is 10.5 Å². The van der Waals surface area contributed by atoms with Crippen molar-refractivity contribution in [2.24, 2.45) is 0 Å². The number of ether oxygens (including phenoxy) is 1. The Labute approximate surface area is 82.1 Å². The molecule has 3 nitrogen and oxygen atoms in total. The van der Waals surface area contributed by atoms with Gasteiger partial charge in [-0.2, -0.15) is 0 Å². The van der Waals surface area contributed by atoms with Crippen LogP contribution in [-0.4, -0.2) is 6.09 Å². The van der Waals surface area contributed by atoms with Crippen LogP contribution in [0.2, 0.25) is 0 Å². The molecule has 1 atom stereocenters. The first kappa shape index (κ1) is 7.85.